The molecule has 0 aliphatic heterocycles. The van der Waals surface area contributed by atoms with Gasteiger partial charge in [0, 0.05) is 50.7 Å². The van der Waals surface area contributed by atoms with E-state index >= 15 is 0 Å². The zero-order valence-corrected chi connectivity index (χ0v) is 27.7. The summed E-state index contributed by atoms with van der Waals surface area (Å²) in [5.41, 5.74) is 16.5. The van der Waals surface area contributed by atoms with Gasteiger partial charge in [0.15, 0.2) is 0 Å². The molecule has 6 nitrogen and oxygen atoms in total. The summed E-state index contributed by atoms with van der Waals surface area (Å²) in [6.45, 7) is 0. The maximum Gasteiger partial charge on any atom is 0.142 e. The van der Waals surface area contributed by atoms with E-state index in [-0.39, 0.29) is 22.9 Å². The predicted octanol–water partition coefficient (Wildman–Crippen LogP) is 9.20. The van der Waals surface area contributed by atoms with Crippen molar-refractivity contribution < 1.29 is 19.7 Å². The van der Waals surface area contributed by atoms with Crippen molar-refractivity contribution in [1.29, 1.82) is 0 Å². The highest BCUT2D eigenvalue weighted by Gasteiger charge is 2.20. The van der Waals surface area contributed by atoms with Gasteiger partial charge in [-0.1, -0.05) is 90.1 Å². The molecule has 7 aromatic carbocycles. The van der Waals surface area contributed by atoms with Gasteiger partial charge in [0.25, 0.3) is 0 Å². The first-order valence-corrected chi connectivity index (χ1v) is 16.3. The summed E-state index contributed by atoms with van der Waals surface area (Å²) in [6.07, 6.45) is 0. The topological polar surface area (TPSA) is 111 Å². The van der Waals surface area contributed by atoms with E-state index < -0.39 is 0 Å². The fourth-order valence-electron chi connectivity index (χ4n) is 5.40. The summed E-state index contributed by atoms with van der Waals surface area (Å²) in [5, 5.41) is 22.1. The van der Waals surface area contributed by atoms with Crippen molar-refractivity contribution in [3.8, 4) is 70.0 Å². The lowest BCUT2D eigenvalue weighted by molar-refractivity contribution is 0.456. The molecule has 52 heavy (non-hydrogen) atoms. The maximum absolute atomic E-state index is 10.5. The van der Waals surface area contributed by atoms with Gasteiger partial charge in [-0.15, -0.1) is 0 Å². The minimum atomic E-state index is -0.118. The zero-order valence-electron chi connectivity index (χ0n) is 27.7. The molecule has 0 fully saturated rings. The summed E-state index contributed by atoms with van der Waals surface area (Å²) in [7, 11) is 0. The van der Waals surface area contributed by atoms with Gasteiger partial charge in [-0.25, -0.2) is 0 Å². The van der Waals surface area contributed by atoms with E-state index in [1.54, 1.807) is 24.3 Å². The molecule has 0 aliphatic rings. The zero-order chi connectivity index (χ0) is 35.9. The van der Waals surface area contributed by atoms with Crippen molar-refractivity contribution in [1.82, 2.24) is 0 Å². The smallest absolute Gasteiger partial charge is 0.142 e. The summed E-state index contributed by atoms with van der Waals surface area (Å²) in [4.78, 5) is 0. The normalized spacial score (nSPS) is 10.2. The monoisotopic (exact) mass is 674 g/mol. The van der Waals surface area contributed by atoms with Crippen LogP contribution in [-0.2, 0) is 0 Å². The number of fused-ring (bicyclic) bond motifs is 1. The largest absolute Gasteiger partial charge is 0.506 e. The Labute approximate surface area is 301 Å². The number of nitrogens with two attached hydrogens (primary N) is 2. The third-order valence-electron chi connectivity index (χ3n) is 8.00. The Morgan fingerprint density at radius 2 is 0.865 bits per heavy atom. The number of anilines is 2. The molecule has 7 rings (SSSR count). The van der Waals surface area contributed by atoms with Crippen molar-refractivity contribution in [2.24, 2.45) is 0 Å². The Kier molecular flexibility index (Phi) is 9.34. The molecular weight excluding hydrogens is 645 g/mol. The highest BCUT2D eigenvalue weighted by Crippen LogP contribution is 2.43. The molecule has 0 unspecified atom stereocenters. The third kappa shape index (κ3) is 7.46. The molecular formula is C46H30N2O4. The van der Waals surface area contributed by atoms with Gasteiger partial charge in [-0.05, 0) is 78.9 Å². The number of rotatable bonds is 4. The van der Waals surface area contributed by atoms with Gasteiger partial charge in [0.1, 0.15) is 34.5 Å². The van der Waals surface area contributed by atoms with Gasteiger partial charge < -0.3 is 31.2 Å². The molecule has 6 N–H and O–H groups in total. The first kappa shape index (κ1) is 32.8. The van der Waals surface area contributed by atoms with Crippen LogP contribution < -0.4 is 20.9 Å². The SMILES string of the molecule is Nc1ccc(Oc2cc(C#Cc3ccccc3)c(C#Cc3ccccc3)c3c(Oc4ccc(N)c(O)c4)ccc(C#Cc4ccccc4)c23)cc1O. The number of nitrogen functional groups attached to an aromatic ring is 2. The molecule has 7 aromatic rings. The highest BCUT2D eigenvalue weighted by molar-refractivity contribution is 6.03. The number of phenols is 2. The summed E-state index contributed by atoms with van der Waals surface area (Å²) in [5.74, 6) is 21.2. The molecule has 0 amide bonds. The lowest BCUT2D eigenvalue weighted by atomic mass is 9.93. The summed E-state index contributed by atoms with van der Waals surface area (Å²) < 4.78 is 13.1. The standard InChI is InChI=1S/C46H30N2O4/c47-39-25-22-36(29-41(39)49)51-43-27-21-34(19-16-31-10-4-1-5-11-31)45-44(52-37-23-26-40(48)42(50)30-37)28-35(20-17-32-12-6-2-7-13-32)38(46(43)45)24-18-33-14-8-3-9-15-33/h1-15,21-23,25-30,49-50H,47-48H2. The highest BCUT2D eigenvalue weighted by atomic mass is 16.5. The molecule has 0 aromatic heterocycles. The van der Waals surface area contributed by atoms with E-state index in [1.165, 1.54) is 12.1 Å². The van der Waals surface area contributed by atoms with Crippen LogP contribution in [0, 0.1) is 35.5 Å². The van der Waals surface area contributed by atoms with Crippen LogP contribution in [0.15, 0.2) is 146 Å². The second kappa shape index (κ2) is 14.8. The quantitative estimate of drug-likeness (QED) is 0.0842. The fraction of sp³-hybridized carbons (Fsp3) is 0. The van der Waals surface area contributed by atoms with Gasteiger partial charge >= 0.3 is 0 Å². The van der Waals surface area contributed by atoms with Crippen LogP contribution in [0.4, 0.5) is 11.4 Å². The fourth-order valence-corrected chi connectivity index (χ4v) is 5.40. The number of hydrogen-bond acceptors (Lipinski definition) is 6. The maximum atomic E-state index is 10.5. The average molecular weight is 675 g/mol. The number of benzene rings is 7. The van der Waals surface area contributed by atoms with E-state index in [4.69, 9.17) is 20.9 Å². The Bertz CT molecular complexity index is 2620. The van der Waals surface area contributed by atoms with Crippen molar-refractivity contribution in [3.05, 3.63) is 179 Å². The lowest BCUT2D eigenvalue weighted by Gasteiger charge is -2.18. The molecule has 248 valence electrons. The third-order valence-corrected chi connectivity index (χ3v) is 8.00. The Morgan fingerprint density at radius 3 is 1.37 bits per heavy atom. The van der Waals surface area contributed by atoms with Gasteiger partial charge in [-0.2, -0.15) is 0 Å². The molecule has 0 bridgehead atoms. The number of hydrogen-bond donors (Lipinski definition) is 4. The van der Waals surface area contributed by atoms with Crippen LogP contribution in [0.2, 0.25) is 0 Å². The lowest BCUT2D eigenvalue weighted by Crippen LogP contribution is -1.98. The second-order valence-corrected chi connectivity index (χ2v) is 11.7. The molecule has 0 aliphatic carbocycles. The first-order valence-electron chi connectivity index (χ1n) is 16.3. The molecule has 0 atom stereocenters. The van der Waals surface area contributed by atoms with E-state index in [0.29, 0.717) is 50.5 Å². The van der Waals surface area contributed by atoms with Gasteiger partial charge in [-0.3, -0.25) is 0 Å². The molecule has 0 saturated heterocycles. The second-order valence-electron chi connectivity index (χ2n) is 11.7. The number of phenolic OH excluding ortho intramolecular Hbond substituents is 2. The molecule has 0 heterocycles. The van der Waals surface area contributed by atoms with Crippen LogP contribution in [0.5, 0.6) is 34.5 Å². The minimum absolute atomic E-state index is 0.113. The Morgan fingerprint density at radius 1 is 0.404 bits per heavy atom. The van der Waals surface area contributed by atoms with E-state index in [2.05, 4.69) is 35.5 Å². The van der Waals surface area contributed by atoms with E-state index in [1.807, 2.05) is 109 Å². The van der Waals surface area contributed by atoms with Crippen LogP contribution in [0.3, 0.4) is 0 Å². The summed E-state index contributed by atoms with van der Waals surface area (Å²) in [6, 6.07) is 43.8. The van der Waals surface area contributed by atoms with Crippen molar-refractivity contribution in [2.75, 3.05) is 11.5 Å². The van der Waals surface area contributed by atoms with Crippen molar-refractivity contribution in [2.45, 2.75) is 0 Å². The van der Waals surface area contributed by atoms with Gasteiger partial charge in [0.05, 0.1) is 16.9 Å². The molecule has 6 heteroatoms. The number of ether oxygens (including phenoxy) is 2. The van der Waals surface area contributed by atoms with E-state index in [9.17, 15) is 10.2 Å². The van der Waals surface area contributed by atoms with Crippen LogP contribution in [0.1, 0.15) is 33.4 Å². The molecule has 0 saturated carbocycles. The minimum Gasteiger partial charge on any atom is -0.506 e. The van der Waals surface area contributed by atoms with E-state index in [0.717, 1.165) is 16.7 Å². The van der Waals surface area contributed by atoms with Crippen molar-refractivity contribution in [3.63, 3.8) is 0 Å². The first-order chi connectivity index (χ1) is 25.4. The Hall–Kier alpha value is -7.72. The van der Waals surface area contributed by atoms with Crippen LogP contribution in [-0.4, -0.2) is 10.2 Å². The molecule has 0 spiro atoms. The predicted molar refractivity (Wildman–Crippen MR) is 206 cm³/mol. The van der Waals surface area contributed by atoms with Crippen LogP contribution >= 0.6 is 0 Å². The van der Waals surface area contributed by atoms with Gasteiger partial charge in [0.2, 0.25) is 0 Å². The van der Waals surface area contributed by atoms with Crippen LogP contribution in [0.25, 0.3) is 10.8 Å². The average Bonchev–Trinajstić information content (AvgIpc) is 3.17. The number of aromatic hydroxyl groups is 2. The molecule has 0 radical (unpaired) electrons. The van der Waals surface area contributed by atoms with Crippen molar-refractivity contribution >= 4 is 22.1 Å². The Balaban J connectivity index is 1.57. The summed E-state index contributed by atoms with van der Waals surface area (Å²) >= 11 is 0.